The van der Waals surface area contributed by atoms with Gasteiger partial charge >= 0.3 is 5.63 Å². The molecule has 0 unspecified atom stereocenters. The zero-order valence-corrected chi connectivity index (χ0v) is 15.7. The summed E-state index contributed by atoms with van der Waals surface area (Å²) < 4.78 is 11.0. The van der Waals surface area contributed by atoms with Crippen molar-refractivity contribution < 1.29 is 9.15 Å². The lowest BCUT2D eigenvalue weighted by Gasteiger charge is -2.35. The van der Waals surface area contributed by atoms with Crippen LogP contribution in [0, 0.1) is 11.3 Å². The largest absolute Gasteiger partial charge is 0.493 e. The van der Waals surface area contributed by atoms with Crippen LogP contribution in [0.25, 0.3) is 21.7 Å². The third-order valence-corrected chi connectivity index (χ3v) is 5.68. The van der Waals surface area contributed by atoms with Crippen molar-refractivity contribution >= 4 is 27.6 Å². The highest BCUT2D eigenvalue weighted by atomic mass is 16.5. The Morgan fingerprint density at radius 3 is 2.73 bits per heavy atom. The summed E-state index contributed by atoms with van der Waals surface area (Å²) in [7, 11) is 1.57. The molecule has 2 heterocycles. The van der Waals surface area contributed by atoms with Crippen LogP contribution >= 0.6 is 0 Å². The molecule has 1 aromatic carbocycles. The Hall–Kier alpha value is -2.56. The fourth-order valence-electron chi connectivity index (χ4n) is 4.14. The zero-order chi connectivity index (χ0) is 18.6. The maximum atomic E-state index is 12.7. The van der Waals surface area contributed by atoms with Gasteiger partial charge in [-0.2, -0.15) is 0 Å². The predicted molar refractivity (Wildman–Crippen MR) is 104 cm³/mol. The molecule has 0 fully saturated rings. The van der Waals surface area contributed by atoms with Crippen LogP contribution < -0.4 is 16.1 Å². The van der Waals surface area contributed by atoms with E-state index in [1.807, 2.05) is 12.1 Å². The molecule has 0 saturated carbocycles. The number of nitrogens with two attached hydrogens (primary N) is 1. The Balaban J connectivity index is 2.13. The second-order valence-electron chi connectivity index (χ2n) is 8.20. The number of rotatable bonds is 1. The monoisotopic (exact) mass is 352 g/mol. The average Bonchev–Trinajstić information content (AvgIpc) is 2.59. The van der Waals surface area contributed by atoms with Gasteiger partial charge in [0, 0.05) is 16.5 Å². The van der Waals surface area contributed by atoms with Gasteiger partial charge in [0.25, 0.3) is 0 Å². The van der Waals surface area contributed by atoms with Crippen molar-refractivity contribution in [3.63, 3.8) is 0 Å². The van der Waals surface area contributed by atoms with Crippen LogP contribution in [0.4, 0.5) is 5.82 Å². The topological polar surface area (TPSA) is 78.3 Å². The number of pyridine rings is 1. The van der Waals surface area contributed by atoms with Crippen molar-refractivity contribution in [3.05, 3.63) is 39.9 Å². The number of methoxy groups -OCH3 is 1. The van der Waals surface area contributed by atoms with E-state index >= 15 is 0 Å². The molecule has 0 amide bonds. The second-order valence-corrected chi connectivity index (χ2v) is 8.20. The fraction of sp³-hybridized carbons (Fsp3) is 0.429. The molecular weight excluding hydrogens is 328 g/mol. The lowest BCUT2D eigenvalue weighted by molar-refractivity contribution is 0.215. The molecule has 3 aromatic rings. The van der Waals surface area contributed by atoms with Gasteiger partial charge < -0.3 is 14.9 Å². The van der Waals surface area contributed by atoms with Crippen molar-refractivity contribution in [2.24, 2.45) is 11.3 Å². The van der Waals surface area contributed by atoms with Crippen molar-refractivity contribution in [2.75, 3.05) is 12.8 Å². The Morgan fingerprint density at radius 2 is 2.04 bits per heavy atom. The third kappa shape index (κ3) is 2.45. The SMILES string of the molecule is COc1cccc2c1oc(=O)c1c(N)nc3c(c12)C[C@@H](C(C)(C)C)CC3. The fourth-order valence-corrected chi connectivity index (χ4v) is 4.14. The Labute approximate surface area is 152 Å². The minimum atomic E-state index is -0.456. The molecule has 2 N–H and O–H groups in total. The average molecular weight is 352 g/mol. The number of para-hydroxylation sites is 1. The van der Waals surface area contributed by atoms with Crippen molar-refractivity contribution in [1.82, 2.24) is 4.98 Å². The zero-order valence-electron chi connectivity index (χ0n) is 15.7. The van der Waals surface area contributed by atoms with E-state index in [9.17, 15) is 4.79 Å². The van der Waals surface area contributed by atoms with E-state index in [1.165, 1.54) is 0 Å². The highest BCUT2D eigenvalue weighted by Crippen LogP contribution is 2.42. The minimum absolute atomic E-state index is 0.193. The molecule has 0 spiro atoms. The van der Waals surface area contributed by atoms with Crippen molar-refractivity contribution in [1.29, 1.82) is 0 Å². The van der Waals surface area contributed by atoms with E-state index in [-0.39, 0.29) is 11.2 Å². The molecule has 5 heteroatoms. The molecular formula is C21H24N2O3. The molecule has 1 aliphatic rings. The molecule has 136 valence electrons. The summed E-state index contributed by atoms with van der Waals surface area (Å²) in [6.07, 6.45) is 2.85. The summed E-state index contributed by atoms with van der Waals surface area (Å²) in [4.78, 5) is 17.3. The smallest absolute Gasteiger partial charge is 0.348 e. The highest BCUT2D eigenvalue weighted by Gasteiger charge is 2.32. The first kappa shape index (κ1) is 16.9. The first-order valence-electron chi connectivity index (χ1n) is 9.02. The van der Waals surface area contributed by atoms with E-state index in [2.05, 4.69) is 25.8 Å². The van der Waals surface area contributed by atoms with Crippen LogP contribution in [-0.2, 0) is 12.8 Å². The van der Waals surface area contributed by atoms with Gasteiger partial charge in [-0.1, -0.05) is 32.9 Å². The molecule has 26 heavy (non-hydrogen) atoms. The Kier molecular flexibility index (Phi) is 3.72. The lowest BCUT2D eigenvalue weighted by Crippen LogP contribution is -2.28. The molecule has 5 nitrogen and oxygen atoms in total. The number of benzene rings is 1. The molecule has 0 bridgehead atoms. The molecule has 2 aromatic heterocycles. The van der Waals surface area contributed by atoms with E-state index in [0.29, 0.717) is 22.6 Å². The summed E-state index contributed by atoms with van der Waals surface area (Å²) in [6, 6.07) is 5.67. The normalized spacial score (nSPS) is 17.5. The molecule has 1 aliphatic carbocycles. The maximum Gasteiger partial charge on any atom is 0.348 e. The summed E-state index contributed by atoms with van der Waals surface area (Å²) in [5.74, 6) is 1.33. The number of anilines is 1. The highest BCUT2D eigenvalue weighted by molar-refractivity contribution is 6.10. The van der Waals surface area contributed by atoms with E-state index in [0.717, 1.165) is 41.3 Å². The van der Waals surface area contributed by atoms with E-state index < -0.39 is 5.63 Å². The van der Waals surface area contributed by atoms with E-state index in [1.54, 1.807) is 13.2 Å². The van der Waals surface area contributed by atoms with Crippen LogP contribution in [0.2, 0.25) is 0 Å². The van der Waals surface area contributed by atoms with Gasteiger partial charge in [0.2, 0.25) is 0 Å². The molecule has 0 aliphatic heterocycles. The molecule has 4 rings (SSSR count). The van der Waals surface area contributed by atoms with Gasteiger partial charge in [0.05, 0.1) is 7.11 Å². The number of aromatic nitrogens is 1. The quantitative estimate of drug-likeness (QED) is 0.527. The predicted octanol–water partition coefficient (Wildman–Crippen LogP) is 4.08. The van der Waals surface area contributed by atoms with Crippen LogP contribution in [0.15, 0.2) is 27.4 Å². The maximum absolute atomic E-state index is 12.7. The number of nitrogens with zero attached hydrogens (tertiary/aromatic N) is 1. The second kappa shape index (κ2) is 5.73. The van der Waals surface area contributed by atoms with Gasteiger partial charge in [-0.25, -0.2) is 9.78 Å². The van der Waals surface area contributed by atoms with Crippen LogP contribution in [0.3, 0.4) is 0 Å². The Morgan fingerprint density at radius 1 is 1.27 bits per heavy atom. The number of aryl methyl sites for hydroxylation is 1. The van der Waals surface area contributed by atoms with Gasteiger partial charge in [-0.05, 0) is 42.2 Å². The number of hydrogen-bond acceptors (Lipinski definition) is 5. The van der Waals surface area contributed by atoms with Gasteiger partial charge in [-0.3, -0.25) is 0 Å². The molecule has 1 atom stereocenters. The molecule has 0 saturated heterocycles. The van der Waals surface area contributed by atoms with Gasteiger partial charge in [0.1, 0.15) is 11.2 Å². The number of ether oxygens (including phenoxy) is 1. The summed E-state index contributed by atoms with van der Waals surface area (Å²) >= 11 is 0. The van der Waals surface area contributed by atoms with Crippen LogP contribution in [0.5, 0.6) is 5.75 Å². The Bertz CT molecular complexity index is 1080. The summed E-state index contributed by atoms with van der Waals surface area (Å²) in [6.45, 7) is 6.81. The first-order chi connectivity index (χ1) is 12.3. The van der Waals surface area contributed by atoms with Gasteiger partial charge in [0.15, 0.2) is 11.3 Å². The standard InChI is InChI=1S/C21H24N2O3/c1-21(2,3)11-8-9-14-13(10-11)16-12-6-5-7-15(25-4)18(12)26-20(24)17(16)19(22)23-14/h5-7,11H,8-10H2,1-4H3,(H2,22,23)/t11-/m0/s1. The van der Waals surface area contributed by atoms with Crippen LogP contribution in [0.1, 0.15) is 38.4 Å². The molecule has 0 radical (unpaired) electrons. The first-order valence-corrected chi connectivity index (χ1v) is 9.02. The third-order valence-electron chi connectivity index (χ3n) is 5.68. The minimum Gasteiger partial charge on any atom is -0.493 e. The van der Waals surface area contributed by atoms with Crippen LogP contribution in [-0.4, -0.2) is 12.1 Å². The number of fused-ring (bicyclic) bond motifs is 5. The van der Waals surface area contributed by atoms with E-state index in [4.69, 9.17) is 14.9 Å². The summed E-state index contributed by atoms with van der Waals surface area (Å²) in [5, 5.41) is 2.13. The summed E-state index contributed by atoms with van der Waals surface area (Å²) in [5.41, 5.74) is 8.50. The van der Waals surface area contributed by atoms with Crippen molar-refractivity contribution in [2.45, 2.75) is 40.0 Å². The lowest BCUT2D eigenvalue weighted by atomic mass is 9.71. The number of nitrogen functional groups attached to an aromatic ring is 1. The van der Waals surface area contributed by atoms with Crippen molar-refractivity contribution in [3.8, 4) is 5.75 Å². The van der Waals surface area contributed by atoms with Gasteiger partial charge in [-0.15, -0.1) is 0 Å². The number of hydrogen-bond donors (Lipinski definition) is 1.